The Kier molecular flexibility index (Phi) is 4.65. The maximum atomic E-state index is 11.0. The Morgan fingerprint density at radius 3 is 2.65 bits per heavy atom. The molecule has 0 unspecified atom stereocenters. The molecule has 0 atom stereocenters. The third-order valence-corrected chi connectivity index (χ3v) is 3.12. The van der Waals surface area contributed by atoms with Crippen LogP contribution in [0.1, 0.15) is 5.56 Å². The lowest BCUT2D eigenvalue weighted by Gasteiger charge is -2.08. The SMILES string of the molecule is CNCc1ccc(Oc2c(Br)cncc2[N+](=O)[O-])cc1. The van der Waals surface area contributed by atoms with Crippen LogP contribution in [0.3, 0.4) is 0 Å². The standard InChI is InChI=1S/C13H12BrN3O3/c1-15-6-9-2-4-10(5-3-9)20-13-11(14)7-16-8-12(13)17(18)19/h2-5,7-8,15H,6H2,1H3. The molecule has 1 heterocycles. The second kappa shape index (κ2) is 6.44. The number of nitrogens with one attached hydrogen (secondary N) is 1. The first-order valence-corrected chi connectivity index (χ1v) is 6.60. The largest absolute Gasteiger partial charge is 0.449 e. The first-order valence-electron chi connectivity index (χ1n) is 5.81. The molecule has 2 aromatic rings. The third-order valence-electron chi connectivity index (χ3n) is 2.56. The molecule has 6 nitrogen and oxygen atoms in total. The zero-order chi connectivity index (χ0) is 14.5. The highest BCUT2D eigenvalue weighted by Gasteiger charge is 2.19. The van der Waals surface area contributed by atoms with Crippen molar-refractivity contribution in [2.75, 3.05) is 7.05 Å². The summed E-state index contributed by atoms with van der Waals surface area (Å²) in [6.45, 7) is 0.749. The van der Waals surface area contributed by atoms with Gasteiger partial charge in [0.05, 0.1) is 9.40 Å². The maximum Gasteiger partial charge on any atom is 0.330 e. The summed E-state index contributed by atoms with van der Waals surface area (Å²) in [5.74, 6) is 0.672. The van der Waals surface area contributed by atoms with Gasteiger partial charge in [0.2, 0.25) is 5.75 Å². The lowest BCUT2D eigenvalue weighted by molar-refractivity contribution is -0.386. The van der Waals surface area contributed by atoms with Crippen molar-refractivity contribution in [2.24, 2.45) is 0 Å². The fourth-order valence-electron chi connectivity index (χ4n) is 1.64. The van der Waals surface area contributed by atoms with Crippen LogP contribution in [0.5, 0.6) is 11.5 Å². The van der Waals surface area contributed by atoms with Crippen molar-refractivity contribution in [3.63, 3.8) is 0 Å². The summed E-state index contributed by atoms with van der Waals surface area (Å²) in [6.07, 6.45) is 2.62. The predicted octanol–water partition coefficient (Wildman–Crippen LogP) is 3.26. The Bertz CT molecular complexity index is 617. The van der Waals surface area contributed by atoms with E-state index in [0.717, 1.165) is 18.3 Å². The number of rotatable bonds is 5. The van der Waals surface area contributed by atoms with E-state index in [1.165, 1.54) is 6.20 Å². The lowest BCUT2D eigenvalue weighted by atomic mass is 10.2. The van der Waals surface area contributed by atoms with E-state index in [1.54, 1.807) is 12.1 Å². The smallest absolute Gasteiger partial charge is 0.330 e. The zero-order valence-corrected chi connectivity index (χ0v) is 12.3. The van der Waals surface area contributed by atoms with Crippen molar-refractivity contribution < 1.29 is 9.66 Å². The highest BCUT2D eigenvalue weighted by Crippen LogP contribution is 2.37. The highest BCUT2D eigenvalue weighted by molar-refractivity contribution is 9.10. The summed E-state index contributed by atoms with van der Waals surface area (Å²) in [6, 6.07) is 7.33. The van der Waals surface area contributed by atoms with Gasteiger partial charge in [0.15, 0.2) is 0 Å². The zero-order valence-electron chi connectivity index (χ0n) is 10.7. The fraction of sp³-hybridized carbons (Fsp3) is 0.154. The molecule has 20 heavy (non-hydrogen) atoms. The van der Waals surface area contributed by atoms with Crippen LogP contribution in [-0.2, 0) is 6.54 Å². The lowest BCUT2D eigenvalue weighted by Crippen LogP contribution is -2.04. The monoisotopic (exact) mass is 337 g/mol. The molecule has 1 aromatic heterocycles. The average Bonchev–Trinajstić information content (AvgIpc) is 2.43. The minimum Gasteiger partial charge on any atom is -0.449 e. The number of halogens is 1. The van der Waals surface area contributed by atoms with E-state index < -0.39 is 4.92 Å². The van der Waals surface area contributed by atoms with Gasteiger partial charge < -0.3 is 10.1 Å². The van der Waals surface area contributed by atoms with Crippen LogP contribution >= 0.6 is 15.9 Å². The Balaban J connectivity index is 2.27. The number of hydrogen-bond donors (Lipinski definition) is 1. The van der Waals surface area contributed by atoms with Gasteiger partial charge in [0.1, 0.15) is 11.9 Å². The van der Waals surface area contributed by atoms with Crippen molar-refractivity contribution in [1.82, 2.24) is 10.3 Å². The van der Waals surface area contributed by atoms with Crippen molar-refractivity contribution in [3.8, 4) is 11.5 Å². The van der Waals surface area contributed by atoms with E-state index in [4.69, 9.17) is 4.74 Å². The van der Waals surface area contributed by atoms with Gasteiger partial charge in [0.25, 0.3) is 0 Å². The van der Waals surface area contributed by atoms with Crippen molar-refractivity contribution in [3.05, 3.63) is 56.8 Å². The van der Waals surface area contributed by atoms with Gasteiger partial charge >= 0.3 is 5.69 Å². The summed E-state index contributed by atoms with van der Waals surface area (Å²) >= 11 is 3.21. The van der Waals surface area contributed by atoms with Gasteiger partial charge in [0, 0.05) is 12.7 Å². The molecule has 0 aliphatic heterocycles. The number of aromatic nitrogens is 1. The van der Waals surface area contributed by atoms with Crippen molar-refractivity contribution >= 4 is 21.6 Å². The topological polar surface area (TPSA) is 77.3 Å². The van der Waals surface area contributed by atoms with Gasteiger partial charge in [-0.05, 0) is 40.7 Å². The Morgan fingerprint density at radius 1 is 1.35 bits per heavy atom. The molecule has 0 bridgehead atoms. The molecule has 7 heteroatoms. The number of ether oxygens (including phenoxy) is 1. The van der Waals surface area contributed by atoms with Gasteiger partial charge in [-0.1, -0.05) is 12.1 Å². The fourth-order valence-corrected chi connectivity index (χ4v) is 2.04. The molecule has 2 rings (SSSR count). The molecular formula is C13H12BrN3O3. The van der Waals surface area contributed by atoms with Crippen LogP contribution in [0.15, 0.2) is 41.1 Å². The van der Waals surface area contributed by atoms with Crippen molar-refractivity contribution in [2.45, 2.75) is 6.54 Å². The van der Waals surface area contributed by atoms with Crippen LogP contribution < -0.4 is 10.1 Å². The van der Waals surface area contributed by atoms with Gasteiger partial charge in [-0.3, -0.25) is 15.1 Å². The van der Waals surface area contributed by atoms with Crippen LogP contribution in [0, 0.1) is 10.1 Å². The summed E-state index contributed by atoms with van der Waals surface area (Å²) in [7, 11) is 1.86. The average molecular weight is 338 g/mol. The molecular weight excluding hydrogens is 326 g/mol. The Labute approximate surface area is 124 Å². The van der Waals surface area contributed by atoms with Crippen LogP contribution in [0.25, 0.3) is 0 Å². The molecule has 0 spiro atoms. The van der Waals surface area contributed by atoms with E-state index >= 15 is 0 Å². The first-order chi connectivity index (χ1) is 9.61. The third kappa shape index (κ3) is 3.31. The van der Waals surface area contributed by atoms with Gasteiger partial charge in [-0.2, -0.15) is 0 Å². The summed E-state index contributed by atoms with van der Waals surface area (Å²) in [5.41, 5.74) is 0.918. The molecule has 0 saturated carbocycles. The Hall–Kier alpha value is -1.99. The molecule has 1 N–H and O–H groups in total. The van der Waals surface area contributed by atoms with Crippen LogP contribution in [-0.4, -0.2) is 17.0 Å². The number of nitro groups is 1. The van der Waals surface area contributed by atoms with E-state index in [0.29, 0.717) is 10.2 Å². The predicted molar refractivity (Wildman–Crippen MR) is 77.9 cm³/mol. The van der Waals surface area contributed by atoms with E-state index in [1.807, 2.05) is 19.2 Å². The molecule has 0 radical (unpaired) electrons. The molecule has 104 valence electrons. The number of benzene rings is 1. The minimum absolute atomic E-state index is 0.145. The number of hydrogen-bond acceptors (Lipinski definition) is 5. The normalized spacial score (nSPS) is 10.3. The van der Waals surface area contributed by atoms with E-state index in [2.05, 4.69) is 26.2 Å². The summed E-state index contributed by atoms with van der Waals surface area (Å²) in [4.78, 5) is 14.2. The molecule has 0 fully saturated rings. The minimum atomic E-state index is -0.525. The molecule has 0 aliphatic rings. The second-order valence-corrected chi connectivity index (χ2v) is 4.86. The maximum absolute atomic E-state index is 11.0. The first kappa shape index (κ1) is 14.4. The molecule has 0 amide bonds. The number of nitrogens with zero attached hydrogens (tertiary/aromatic N) is 2. The van der Waals surface area contributed by atoms with Crippen LogP contribution in [0.4, 0.5) is 5.69 Å². The van der Waals surface area contributed by atoms with Crippen molar-refractivity contribution in [1.29, 1.82) is 0 Å². The van der Waals surface area contributed by atoms with E-state index in [9.17, 15) is 10.1 Å². The van der Waals surface area contributed by atoms with E-state index in [-0.39, 0.29) is 11.4 Å². The molecule has 1 aromatic carbocycles. The second-order valence-electron chi connectivity index (χ2n) is 4.00. The number of pyridine rings is 1. The molecule has 0 saturated heterocycles. The highest BCUT2D eigenvalue weighted by atomic mass is 79.9. The van der Waals surface area contributed by atoms with Crippen LogP contribution in [0.2, 0.25) is 0 Å². The Morgan fingerprint density at radius 2 is 2.05 bits per heavy atom. The summed E-state index contributed by atoms with van der Waals surface area (Å²) < 4.78 is 6.02. The quantitative estimate of drug-likeness (QED) is 0.669. The molecule has 0 aliphatic carbocycles. The van der Waals surface area contributed by atoms with Gasteiger partial charge in [-0.25, -0.2) is 0 Å². The summed E-state index contributed by atoms with van der Waals surface area (Å²) in [5, 5.41) is 14.0. The van der Waals surface area contributed by atoms with Gasteiger partial charge in [-0.15, -0.1) is 0 Å².